The number of sulfone groups is 1. The van der Waals surface area contributed by atoms with Gasteiger partial charge in [0.1, 0.15) is 5.01 Å². The molecule has 3 aromatic rings. The smallest absolute Gasteiger partial charge is 0.227 e. The Hall–Kier alpha value is -2.29. The van der Waals surface area contributed by atoms with Crippen molar-refractivity contribution in [1.29, 1.82) is 0 Å². The van der Waals surface area contributed by atoms with E-state index in [2.05, 4.69) is 35.3 Å². The molecule has 6 nitrogen and oxygen atoms in total. The molecule has 0 bridgehead atoms. The second kappa shape index (κ2) is 8.57. The van der Waals surface area contributed by atoms with Crippen LogP contribution in [0.2, 0.25) is 0 Å². The van der Waals surface area contributed by atoms with E-state index in [9.17, 15) is 13.2 Å². The molecule has 3 heterocycles. The first-order chi connectivity index (χ1) is 15.4. The number of carbonyl (C=O) groups excluding carboxylic acids is 1. The summed E-state index contributed by atoms with van der Waals surface area (Å²) < 4.78 is 24.7. The van der Waals surface area contributed by atoms with Gasteiger partial charge in [0.2, 0.25) is 5.91 Å². The number of aromatic nitrogens is 1. The number of anilines is 1. The van der Waals surface area contributed by atoms with Crippen molar-refractivity contribution in [3.05, 3.63) is 48.0 Å². The second-order valence-electron chi connectivity index (χ2n) is 8.92. The first kappa shape index (κ1) is 21.6. The minimum absolute atomic E-state index is 0.0311. The molecule has 2 fully saturated rings. The van der Waals surface area contributed by atoms with Crippen LogP contribution < -0.4 is 5.32 Å². The molecule has 2 aromatic carbocycles. The molecule has 2 aliphatic rings. The van der Waals surface area contributed by atoms with Crippen molar-refractivity contribution in [2.45, 2.75) is 32.2 Å². The summed E-state index contributed by atoms with van der Waals surface area (Å²) in [4.78, 5) is 19.7. The minimum atomic E-state index is -2.87. The topological polar surface area (TPSA) is 79.4 Å². The first-order valence-corrected chi connectivity index (χ1v) is 13.7. The molecule has 8 heteroatoms. The van der Waals surface area contributed by atoms with Gasteiger partial charge < -0.3 is 5.32 Å². The van der Waals surface area contributed by atoms with Crippen LogP contribution in [0.15, 0.2) is 42.5 Å². The zero-order valence-electron chi connectivity index (χ0n) is 18.1. The number of amides is 1. The van der Waals surface area contributed by atoms with Crippen LogP contribution in [0.1, 0.15) is 24.8 Å². The lowest BCUT2D eigenvalue weighted by Crippen LogP contribution is -2.44. The molecule has 1 aromatic heterocycles. The molecular formula is C24H27N3O3S2. The number of piperidine rings is 1. The third-order valence-corrected chi connectivity index (χ3v) is 9.39. The normalized spacial score (nSPS) is 21.7. The quantitative estimate of drug-likeness (QED) is 0.622. The largest absolute Gasteiger partial charge is 0.326 e. The van der Waals surface area contributed by atoms with E-state index in [4.69, 9.17) is 4.98 Å². The summed E-state index contributed by atoms with van der Waals surface area (Å²) in [6.45, 7) is 3.65. The Morgan fingerprint density at radius 1 is 1.09 bits per heavy atom. The number of fused-ring (bicyclic) bond motifs is 1. The van der Waals surface area contributed by atoms with E-state index in [0.29, 0.717) is 5.75 Å². The number of likely N-dealkylation sites (tertiary alicyclic amines) is 1. The number of hydrogen-bond donors (Lipinski definition) is 1. The Bertz CT molecular complexity index is 1240. The highest BCUT2D eigenvalue weighted by Crippen LogP contribution is 2.31. The van der Waals surface area contributed by atoms with Gasteiger partial charge >= 0.3 is 0 Å². The summed E-state index contributed by atoms with van der Waals surface area (Å²) in [5, 5.41) is 4.03. The summed E-state index contributed by atoms with van der Waals surface area (Å²) in [7, 11) is -2.87. The summed E-state index contributed by atoms with van der Waals surface area (Å²) in [6.07, 6.45) is 2.26. The van der Waals surface area contributed by atoms with Crippen LogP contribution in [-0.4, -0.2) is 54.8 Å². The molecule has 2 aliphatic heterocycles. The lowest BCUT2D eigenvalue weighted by molar-refractivity contribution is -0.121. The third kappa shape index (κ3) is 4.58. The summed E-state index contributed by atoms with van der Waals surface area (Å²) in [5.41, 5.74) is 4.07. The molecule has 0 saturated carbocycles. The van der Waals surface area contributed by atoms with Gasteiger partial charge in [-0.25, -0.2) is 13.4 Å². The van der Waals surface area contributed by atoms with Gasteiger partial charge in [0.15, 0.2) is 9.84 Å². The van der Waals surface area contributed by atoms with Gasteiger partial charge in [-0.05, 0) is 81.2 Å². The van der Waals surface area contributed by atoms with Crippen LogP contribution in [0.5, 0.6) is 0 Å². The Kier molecular flexibility index (Phi) is 5.77. The fourth-order valence-electron chi connectivity index (χ4n) is 4.69. The maximum absolute atomic E-state index is 12.8. The highest BCUT2D eigenvalue weighted by Gasteiger charge is 2.35. The minimum Gasteiger partial charge on any atom is -0.326 e. The van der Waals surface area contributed by atoms with Crippen LogP contribution in [0.4, 0.5) is 5.69 Å². The molecule has 0 spiro atoms. The summed E-state index contributed by atoms with van der Waals surface area (Å²) in [6, 6.07) is 14.3. The Morgan fingerprint density at radius 2 is 1.84 bits per heavy atom. The van der Waals surface area contributed by atoms with Gasteiger partial charge in [0.05, 0.1) is 21.7 Å². The average molecular weight is 470 g/mol. The molecule has 2 saturated heterocycles. The van der Waals surface area contributed by atoms with Gasteiger partial charge in [-0.2, -0.15) is 0 Å². The van der Waals surface area contributed by atoms with Crippen LogP contribution in [0.25, 0.3) is 20.8 Å². The molecule has 1 amide bonds. The lowest BCUT2D eigenvalue weighted by Gasteiger charge is -2.34. The molecule has 1 atom stereocenters. The van der Waals surface area contributed by atoms with E-state index in [1.165, 1.54) is 10.3 Å². The molecule has 32 heavy (non-hydrogen) atoms. The number of aryl methyl sites for hydroxylation is 1. The number of nitrogens with one attached hydrogen (secondary N) is 1. The Balaban J connectivity index is 1.18. The zero-order chi connectivity index (χ0) is 22.3. The van der Waals surface area contributed by atoms with E-state index in [0.717, 1.165) is 54.1 Å². The maximum Gasteiger partial charge on any atom is 0.227 e. The number of nitrogens with zero attached hydrogens (tertiary/aromatic N) is 2. The molecule has 5 rings (SSSR count). The van der Waals surface area contributed by atoms with Crippen molar-refractivity contribution in [1.82, 2.24) is 9.88 Å². The maximum atomic E-state index is 12.8. The van der Waals surface area contributed by atoms with Crippen molar-refractivity contribution < 1.29 is 13.2 Å². The molecule has 0 radical (unpaired) electrons. The summed E-state index contributed by atoms with van der Waals surface area (Å²) in [5.74, 6) is 0.582. The Morgan fingerprint density at radius 3 is 2.53 bits per heavy atom. The fraction of sp³-hybridized carbons (Fsp3) is 0.417. The van der Waals surface area contributed by atoms with Crippen LogP contribution in [0, 0.1) is 12.8 Å². The monoisotopic (exact) mass is 469 g/mol. The molecule has 0 aliphatic carbocycles. The number of benzene rings is 2. The van der Waals surface area contributed by atoms with E-state index in [1.807, 2.05) is 24.3 Å². The van der Waals surface area contributed by atoms with E-state index in [1.54, 1.807) is 11.3 Å². The van der Waals surface area contributed by atoms with Gasteiger partial charge in [-0.3, -0.25) is 9.69 Å². The van der Waals surface area contributed by atoms with Crippen molar-refractivity contribution in [2.75, 3.05) is 29.9 Å². The van der Waals surface area contributed by atoms with Crippen LogP contribution in [0.3, 0.4) is 0 Å². The second-order valence-corrected chi connectivity index (χ2v) is 12.2. The standard InChI is InChI=1S/C24H27N3O3S2/c1-16-2-7-21-22(14-16)31-24(26-21)18-3-5-19(6-4-18)25-23(28)17-8-11-27(12-9-17)20-10-13-32(29,30)15-20/h2-7,14,17,20H,8-13,15H2,1H3,(H,25,28). The SMILES string of the molecule is Cc1ccc2nc(-c3ccc(NC(=O)C4CCN(C5CCS(=O)(=O)C5)CC4)cc3)sc2c1. The third-order valence-electron chi connectivity index (χ3n) is 6.57. The number of thiazole rings is 1. The van der Waals surface area contributed by atoms with Crippen LogP contribution in [-0.2, 0) is 14.6 Å². The van der Waals surface area contributed by atoms with Gasteiger partial charge in [-0.15, -0.1) is 11.3 Å². The van der Waals surface area contributed by atoms with E-state index < -0.39 is 9.84 Å². The van der Waals surface area contributed by atoms with Crippen molar-refractivity contribution in [2.24, 2.45) is 5.92 Å². The van der Waals surface area contributed by atoms with Crippen molar-refractivity contribution in [3.8, 4) is 10.6 Å². The Labute approximate surface area is 192 Å². The van der Waals surface area contributed by atoms with Gasteiger partial charge in [0.25, 0.3) is 0 Å². The number of hydrogen-bond acceptors (Lipinski definition) is 6. The highest BCUT2D eigenvalue weighted by atomic mass is 32.2. The molecule has 168 valence electrons. The zero-order valence-corrected chi connectivity index (χ0v) is 19.7. The molecule has 1 N–H and O–H groups in total. The predicted octanol–water partition coefficient (Wildman–Crippen LogP) is 4.11. The van der Waals surface area contributed by atoms with Crippen molar-refractivity contribution in [3.63, 3.8) is 0 Å². The first-order valence-electron chi connectivity index (χ1n) is 11.1. The molecular weight excluding hydrogens is 442 g/mol. The van der Waals surface area contributed by atoms with Gasteiger partial charge in [0, 0.05) is 23.2 Å². The number of carbonyl (C=O) groups is 1. The predicted molar refractivity (Wildman–Crippen MR) is 130 cm³/mol. The van der Waals surface area contributed by atoms with E-state index in [-0.39, 0.29) is 23.6 Å². The lowest BCUT2D eigenvalue weighted by atomic mass is 9.94. The highest BCUT2D eigenvalue weighted by molar-refractivity contribution is 7.91. The number of rotatable bonds is 4. The van der Waals surface area contributed by atoms with E-state index >= 15 is 0 Å². The van der Waals surface area contributed by atoms with Crippen molar-refractivity contribution >= 4 is 43.0 Å². The van der Waals surface area contributed by atoms with Crippen LogP contribution >= 0.6 is 11.3 Å². The van der Waals surface area contributed by atoms with Gasteiger partial charge in [-0.1, -0.05) is 6.07 Å². The average Bonchev–Trinajstić information content (AvgIpc) is 3.36. The molecule has 1 unspecified atom stereocenters. The summed E-state index contributed by atoms with van der Waals surface area (Å²) >= 11 is 1.68. The fourth-order valence-corrected chi connectivity index (χ4v) is 7.52.